The summed E-state index contributed by atoms with van der Waals surface area (Å²) in [6.45, 7) is 5.04. The van der Waals surface area contributed by atoms with E-state index in [4.69, 9.17) is 0 Å². The molecule has 6 heteroatoms. The van der Waals surface area contributed by atoms with Crippen LogP contribution in [-0.4, -0.2) is 34.3 Å². The topological polar surface area (TPSA) is 62.3 Å². The van der Waals surface area contributed by atoms with Crippen molar-refractivity contribution >= 4 is 28.3 Å². The second-order valence-corrected chi connectivity index (χ2v) is 8.63. The summed E-state index contributed by atoms with van der Waals surface area (Å²) in [5.74, 6) is 0.686. The molecule has 0 radical (unpaired) electrons. The molecule has 2 amide bonds. The zero-order valence-electron chi connectivity index (χ0n) is 15.8. The zero-order chi connectivity index (χ0) is 19.0. The average Bonchev–Trinajstić information content (AvgIpc) is 3.21. The number of aromatic nitrogens is 1. The maximum Gasteiger partial charge on any atom is 0.248 e. The number of carbonyl (C=O) groups is 2. The molecule has 0 unspecified atom stereocenters. The van der Waals surface area contributed by atoms with Crippen LogP contribution < -0.4 is 5.32 Å². The molecular weight excluding hydrogens is 358 g/mol. The van der Waals surface area contributed by atoms with E-state index >= 15 is 0 Å². The molecule has 5 nitrogen and oxygen atoms in total. The van der Waals surface area contributed by atoms with Gasteiger partial charge in [0.2, 0.25) is 11.8 Å². The maximum atomic E-state index is 12.7. The molecule has 4 rings (SSSR count). The number of nitrogens with one attached hydrogen (secondary N) is 1. The molecule has 2 aromatic rings. The first-order valence-corrected chi connectivity index (χ1v) is 10.6. The molecule has 1 atom stereocenters. The van der Waals surface area contributed by atoms with Gasteiger partial charge >= 0.3 is 0 Å². The van der Waals surface area contributed by atoms with Crippen molar-refractivity contribution in [3.8, 4) is 11.3 Å². The van der Waals surface area contributed by atoms with Crippen LogP contribution in [0.1, 0.15) is 51.0 Å². The molecule has 1 aliphatic carbocycles. The Hall–Kier alpha value is -2.21. The van der Waals surface area contributed by atoms with E-state index in [-0.39, 0.29) is 23.8 Å². The summed E-state index contributed by atoms with van der Waals surface area (Å²) in [5.41, 5.74) is 3.20. The fraction of sp³-hybridized carbons (Fsp3) is 0.476. The van der Waals surface area contributed by atoms with E-state index in [1.54, 1.807) is 4.90 Å². The number of anilines is 1. The van der Waals surface area contributed by atoms with E-state index in [0.717, 1.165) is 36.9 Å². The zero-order valence-corrected chi connectivity index (χ0v) is 16.6. The van der Waals surface area contributed by atoms with Crippen molar-refractivity contribution in [2.45, 2.75) is 51.5 Å². The number of rotatable bonds is 5. The van der Waals surface area contributed by atoms with Gasteiger partial charge in [-0.1, -0.05) is 38.1 Å². The maximum absolute atomic E-state index is 12.7. The highest BCUT2D eigenvalue weighted by molar-refractivity contribution is 7.14. The molecule has 1 aromatic heterocycles. The third kappa shape index (κ3) is 3.90. The van der Waals surface area contributed by atoms with E-state index in [0.29, 0.717) is 17.6 Å². The Morgan fingerprint density at radius 2 is 1.93 bits per heavy atom. The Morgan fingerprint density at radius 3 is 2.59 bits per heavy atom. The lowest BCUT2D eigenvalue weighted by Gasteiger charge is -2.23. The lowest BCUT2D eigenvalue weighted by Crippen LogP contribution is -2.43. The normalized spacial score (nSPS) is 19.5. The SMILES string of the molecule is CC(C)c1ccc(-c2csc(NC(=O)[C@@H]3CCCN3C(=O)C3CC3)n2)cc1. The van der Waals surface area contributed by atoms with E-state index in [9.17, 15) is 9.59 Å². The van der Waals surface area contributed by atoms with Crippen molar-refractivity contribution in [3.63, 3.8) is 0 Å². The summed E-state index contributed by atoms with van der Waals surface area (Å²) >= 11 is 1.42. The van der Waals surface area contributed by atoms with Gasteiger partial charge in [-0.05, 0) is 37.2 Å². The molecular formula is C21H25N3O2S. The van der Waals surface area contributed by atoms with Crippen LogP contribution in [0, 0.1) is 5.92 Å². The molecule has 0 bridgehead atoms. The van der Waals surface area contributed by atoms with E-state index < -0.39 is 0 Å². The van der Waals surface area contributed by atoms with E-state index in [2.05, 4.69) is 48.4 Å². The summed E-state index contributed by atoms with van der Waals surface area (Å²) in [6.07, 6.45) is 3.56. The van der Waals surface area contributed by atoms with Crippen LogP contribution in [0.2, 0.25) is 0 Å². The van der Waals surface area contributed by atoms with Crippen molar-refractivity contribution in [1.29, 1.82) is 0 Å². The van der Waals surface area contributed by atoms with Gasteiger partial charge in [-0.25, -0.2) is 4.98 Å². The van der Waals surface area contributed by atoms with Gasteiger partial charge in [-0.15, -0.1) is 11.3 Å². The Morgan fingerprint density at radius 1 is 1.19 bits per heavy atom. The minimum absolute atomic E-state index is 0.113. The molecule has 1 aromatic carbocycles. The molecule has 1 saturated carbocycles. The van der Waals surface area contributed by atoms with Crippen LogP contribution >= 0.6 is 11.3 Å². The van der Waals surface area contributed by atoms with E-state index in [1.807, 2.05) is 5.38 Å². The second kappa shape index (κ2) is 7.43. The van der Waals surface area contributed by atoms with Crippen LogP contribution in [0.3, 0.4) is 0 Å². The first-order chi connectivity index (χ1) is 13.0. The molecule has 2 fully saturated rings. The molecule has 1 aliphatic heterocycles. The second-order valence-electron chi connectivity index (χ2n) is 7.77. The Kier molecular flexibility index (Phi) is 5.00. The largest absolute Gasteiger partial charge is 0.330 e. The van der Waals surface area contributed by atoms with Crippen LogP contribution in [0.4, 0.5) is 5.13 Å². The lowest BCUT2D eigenvalue weighted by molar-refractivity contribution is -0.137. The number of thiazole rings is 1. The monoisotopic (exact) mass is 383 g/mol. The van der Waals surface area contributed by atoms with Crippen molar-refractivity contribution < 1.29 is 9.59 Å². The first kappa shape index (κ1) is 18.2. The fourth-order valence-electron chi connectivity index (χ4n) is 3.56. The highest BCUT2D eigenvalue weighted by Crippen LogP contribution is 2.34. The summed E-state index contributed by atoms with van der Waals surface area (Å²) in [6, 6.07) is 8.04. The number of benzene rings is 1. The van der Waals surface area contributed by atoms with Crippen LogP contribution in [0.5, 0.6) is 0 Å². The number of hydrogen-bond acceptors (Lipinski definition) is 4. The molecule has 142 valence electrons. The fourth-order valence-corrected chi connectivity index (χ4v) is 4.28. The third-order valence-corrected chi connectivity index (χ3v) is 6.13. The Bertz CT molecular complexity index is 839. The molecule has 1 saturated heterocycles. The van der Waals surface area contributed by atoms with Gasteiger partial charge in [0.1, 0.15) is 6.04 Å². The lowest BCUT2D eigenvalue weighted by atomic mass is 10.0. The van der Waals surface area contributed by atoms with Gasteiger partial charge in [0, 0.05) is 23.4 Å². The van der Waals surface area contributed by atoms with Gasteiger partial charge in [0.25, 0.3) is 0 Å². The van der Waals surface area contributed by atoms with Crippen molar-refractivity contribution in [2.24, 2.45) is 5.92 Å². The average molecular weight is 384 g/mol. The van der Waals surface area contributed by atoms with Crippen molar-refractivity contribution in [3.05, 3.63) is 35.2 Å². The summed E-state index contributed by atoms with van der Waals surface area (Å²) in [5, 5.41) is 5.47. The smallest absolute Gasteiger partial charge is 0.248 e. The molecule has 27 heavy (non-hydrogen) atoms. The Labute approximate surface area is 163 Å². The van der Waals surface area contributed by atoms with E-state index in [1.165, 1.54) is 16.9 Å². The minimum Gasteiger partial charge on any atom is -0.330 e. The van der Waals surface area contributed by atoms with Gasteiger partial charge in [-0.2, -0.15) is 0 Å². The molecule has 2 aliphatic rings. The number of carbonyl (C=O) groups excluding carboxylic acids is 2. The summed E-state index contributed by atoms with van der Waals surface area (Å²) in [7, 11) is 0. The number of hydrogen-bond donors (Lipinski definition) is 1. The Balaban J connectivity index is 1.42. The minimum atomic E-state index is -0.351. The van der Waals surface area contributed by atoms with Crippen LogP contribution in [0.25, 0.3) is 11.3 Å². The first-order valence-electron chi connectivity index (χ1n) is 9.70. The summed E-state index contributed by atoms with van der Waals surface area (Å²) in [4.78, 5) is 31.4. The number of likely N-dealkylation sites (tertiary alicyclic amines) is 1. The van der Waals surface area contributed by atoms with Gasteiger partial charge in [0.05, 0.1) is 5.69 Å². The van der Waals surface area contributed by atoms with Gasteiger partial charge in [0.15, 0.2) is 5.13 Å². The molecule has 2 heterocycles. The van der Waals surface area contributed by atoms with Gasteiger partial charge < -0.3 is 10.2 Å². The van der Waals surface area contributed by atoms with Crippen LogP contribution in [-0.2, 0) is 9.59 Å². The number of nitrogens with zero attached hydrogens (tertiary/aromatic N) is 2. The molecule has 0 spiro atoms. The highest BCUT2D eigenvalue weighted by Gasteiger charge is 2.40. The predicted molar refractivity (Wildman–Crippen MR) is 108 cm³/mol. The quantitative estimate of drug-likeness (QED) is 0.838. The highest BCUT2D eigenvalue weighted by atomic mass is 32.1. The standard InChI is InChI=1S/C21H25N3O2S/c1-13(2)14-5-7-15(8-6-14)17-12-27-21(22-17)23-19(25)18-4-3-11-24(18)20(26)16-9-10-16/h5-8,12-13,16,18H,3-4,9-11H2,1-2H3,(H,22,23,25)/t18-/m0/s1. The third-order valence-electron chi connectivity index (χ3n) is 5.37. The number of amides is 2. The van der Waals surface area contributed by atoms with Crippen molar-refractivity contribution in [2.75, 3.05) is 11.9 Å². The van der Waals surface area contributed by atoms with Crippen molar-refractivity contribution in [1.82, 2.24) is 9.88 Å². The predicted octanol–water partition coefficient (Wildman–Crippen LogP) is 4.27. The van der Waals surface area contributed by atoms with Gasteiger partial charge in [-0.3, -0.25) is 9.59 Å². The molecule has 1 N–H and O–H groups in total. The van der Waals surface area contributed by atoms with Crippen LogP contribution in [0.15, 0.2) is 29.6 Å². The summed E-state index contributed by atoms with van der Waals surface area (Å²) < 4.78 is 0.